The molecule has 1 aromatic heterocycles. The van der Waals surface area contributed by atoms with E-state index in [1.165, 1.54) is 27.3 Å². The summed E-state index contributed by atoms with van der Waals surface area (Å²) in [5.41, 5.74) is 3.88. The molecule has 1 fully saturated rings. The summed E-state index contributed by atoms with van der Waals surface area (Å²) in [6, 6.07) is 10.8. The number of rotatable bonds is 7. The first-order chi connectivity index (χ1) is 16.2. The minimum atomic E-state index is -3.79. The molecule has 0 radical (unpaired) electrons. The fourth-order valence-corrected chi connectivity index (χ4v) is 5.67. The summed E-state index contributed by atoms with van der Waals surface area (Å²) in [6.07, 6.45) is 2.92. The number of hydrogen-bond donors (Lipinski definition) is 1. The van der Waals surface area contributed by atoms with E-state index in [9.17, 15) is 18.5 Å². The van der Waals surface area contributed by atoms with Gasteiger partial charge in [0.05, 0.1) is 38.0 Å². The number of benzene rings is 2. The van der Waals surface area contributed by atoms with E-state index < -0.39 is 20.6 Å². The average Bonchev–Trinajstić information content (AvgIpc) is 3.44. The molecule has 0 bridgehead atoms. The predicted molar refractivity (Wildman–Crippen MR) is 131 cm³/mol. The Bertz CT molecular complexity index is 1380. The van der Waals surface area contributed by atoms with Crippen LogP contribution < -0.4 is 5.43 Å². The molecule has 178 valence electrons. The first-order valence-electron chi connectivity index (χ1n) is 10.3. The third-order valence-electron chi connectivity index (χ3n) is 5.38. The highest BCUT2D eigenvalue weighted by atomic mass is 35.5. The maximum absolute atomic E-state index is 12.8. The Morgan fingerprint density at radius 3 is 2.56 bits per heavy atom. The molecule has 0 amide bonds. The molecule has 13 heteroatoms. The number of nitrogens with one attached hydrogen (secondary N) is 1. The van der Waals surface area contributed by atoms with Crippen LogP contribution in [0, 0.1) is 17.0 Å². The summed E-state index contributed by atoms with van der Waals surface area (Å²) in [5.74, 6) is 0. The van der Waals surface area contributed by atoms with Crippen molar-refractivity contribution < 1.29 is 13.3 Å². The lowest BCUT2D eigenvalue weighted by molar-refractivity contribution is -0.384. The quantitative estimate of drug-likeness (QED) is 0.274. The van der Waals surface area contributed by atoms with Crippen molar-refractivity contribution in [2.24, 2.45) is 5.10 Å². The second-order valence-electron chi connectivity index (χ2n) is 7.57. The van der Waals surface area contributed by atoms with Crippen molar-refractivity contribution in [2.75, 3.05) is 18.5 Å². The molecule has 34 heavy (non-hydrogen) atoms. The number of halogens is 2. The maximum Gasteiger partial charge on any atom is 0.295 e. The van der Waals surface area contributed by atoms with Gasteiger partial charge in [-0.3, -0.25) is 15.5 Å². The molecule has 2 heterocycles. The van der Waals surface area contributed by atoms with Gasteiger partial charge in [-0.25, -0.2) is 13.1 Å². The fraction of sp³-hybridized carbons (Fsp3) is 0.238. The van der Waals surface area contributed by atoms with Gasteiger partial charge < -0.3 is 0 Å². The number of hydrazone groups is 1. The van der Waals surface area contributed by atoms with Crippen LogP contribution in [0.1, 0.15) is 24.1 Å². The molecular weight excluding hydrogens is 503 g/mol. The largest absolute Gasteiger partial charge is 0.295 e. The Labute approximate surface area is 206 Å². The monoisotopic (exact) mass is 522 g/mol. The molecule has 0 unspecified atom stereocenters. The zero-order valence-corrected chi connectivity index (χ0v) is 20.3. The minimum absolute atomic E-state index is 0.0360. The number of para-hydroxylation sites is 1. The van der Waals surface area contributed by atoms with E-state index in [1.54, 1.807) is 31.2 Å². The van der Waals surface area contributed by atoms with Gasteiger partial charge in [-0.15, -0.1) is 0 Å². The van der Waals surface area contributed by atoms with E-state index in [-0.39, 0.29) is 15.7 Å². The summed E-state index contributed by atoms with van der Waals surface area (Å²) >= 11 is 12.7. The molecule has 10 nitrogen and oxygen atoms in total. The van der Waals surface area contributed by atoms with Gasteiger partial charge in [-0.1, -0.05) is 35.3 Å². The third kappa shape index (κ3) is 4.64. The van der Waals surface area contributed by atoms with E-state index in [2.05, 4.69) is 15.6 Å². The Balaban J connectivity index is 1.60. The number of nitrogens with zero attached hydrogens (tertiary/aromatic N) is 5. The van der Waals surface area contributed by atoms with Gasteiger partial charge >= 0.3 is 0 Å². The number of sulfonamides is 1. The van der Waals surface area contributed by atoms with Crippen LogP contribution in [-0.2, 0) is 10.0 Å². The van der Waals surface area contributed by atoms with Crippen LogP contribution in [0.3, 0.4) is 0 Å². The lowest BCUT2D eigenvalue weighted by Gasteiger charge is -2.15. The Morgan fingerprint density at radius 2 is 1.88 bits per heavy atom. The van der Waals surface area contributed by atoms with Crippen LogP contribution in [0.4, 0.5) is 11.4 Å². The Morgan fingerprint density at radius 1 is 1.18 bits per heavy atom. The first kappa shape index (κ1) is 24.1. The molecule has 0 saturated carbocycles. The van der Waals surface area contributed by atoms with Crippen LogP contribution in [-0.4, -0.2) is 46.7 Å². The van der Waals surface area contributed by atoms with Crippen LogP contribution in [0.25, 0.3) is 5.69 Å². The molecule has 4 rings (SSSR count). The minimum Gasteiger partial charge on any atom is -0.272 e. The van der Waals surface area contributed by atoms with Gasteiger partial charge in [-0.2, -0.15) is 14.5 Å². The number of aryl methyl sites for hydroxylation is 1. The summed E-state index contributed by atoms with van der Waals surface area (Å²) in [5, 5.41) is 20.8. The van der Waals surface area contributed by atoms with E-state index in [0.717, 1.165) is 18.9 Å². The lowest BCUT2D eigenvalue weighted by Crippen LogP contribution is -2.27. The summed E-state index contributed by atoms with van der Waals surface area (Å²) in [7, 11) is -3.79. The SMILES string of the molecule is Cc1nn(-c2ccccc2Cl)c(Cl)c1/C=N\Nc1ccc(S(=O)(=O)N2CCCC2)cc1[N+](=O)[O-]. The summed E-state index contributed by atoms with van der Waals surface area (Å²) in [6.45, 7) is 2.55. The maximum atomic E-state index is 12.8. The van der Waals surface area contributed by atoms with E-state index >= 15 is 0 Å². The van der Waals surface area contributed by atoms with Crippen molar-refractivity contribution in [1.82, 2.24) is 14.1 Å². The van der Waals surface area contributed by atoms with Crippen molar-refractivity contribution in [2.45, 2.75) is 24.7 Å². The molecule has 0 aliphatic carbocycles. The molecule has 1 aliphatic rings. The highest BCUT2D eigenvalue weighted by Crippen LogP contribution is 2.31. The summed E-state index contributed by atoms with van der Waals surface area (Å²) < 4.78 is 28.3. The molecule has 0 spiro atoms. The van der Waals surface area contributed by atoms with E-state index in [4.69, 9.17) is 23.2 Å². The van der Waals surface area contributed by atoms with Gasteiger partial charge in [0, 0.05) is 19.2 Å². The van der Waals surface area contributed by atoms with Crippen molar-refractivity contribution in [3.8, 4) is 5.69 Å². The number of anilines is 1. The highest BCUT2D eigenvalue weighted by molar-refractivity contribution is 7.89. The number of aromatic nitrogens is 2. The van der Waals surface area contributed by atoms with Crippen LogP contribution in [0.5, 0.6) is 0 Å². The molecule has 1 aliphatic heterocycles. The lowest BCUT2D eigenvalue weighted by atomic mass is 10.3. The molecule has 0 atom stereocenters. The van der Waals surface area contributed by atoms with Crippen LogP contribution in [0.2, 0.25) is 10.2 Å². The smallest absolute Gasteiger partial charge is 0.272 e. The molecule has 1 N–H and O–H groups in total. The molecule has 3 aromatic rings. The van der Waals surface area contributed by atoms with Crippen LogP contribution in [0.15, 0.2) is 52.5 Å². The molecular formula is C21H20Cl2N6O4S. The topological polar surface area (TPSA) is 123 Å². The second-order valence-corrected chi connectivity index (χ2v) is 10.3. The Hall–Kier alpha value is -2.99. The predicted octanol–water partition coefficient (Wildman–Crippen LogP) is 4.63. The van der Waals surface area contributed by atoms with E-state index in [0.29, 0.717) is 35.1 Å². The number of nitro benzene ring substituents is 1. The summed E-state index contributed by atoms with van der Waals surface area (Å²) in [4.78, 5) is 10.8. The number of nitro groups is 1. The highest BCUT2D eigenvalue weighted by Gasteiger charge is 2.29. The average molecular weight is 523 g/mol. The van der Waals surface area contributed by atoms with Crippen molar-refractivity contribution >= 4 is 50.8 Å². The Kier molecular flexibility index (Phi) is 6.89. The molecule has 1 saturated heterocycles. The third-order valence-corrected chi connectivity index (χ3v) is 7.95. The van der Waals surface area contributed by atoms with Crippen molar-refractivity contribution in [3.63, 3.8) is 0 Å². The van der Waals surface area contributed by atoms with Gasteiger partial charge in [0.25, 0.3) is 5.69 Å². The van der Waals surface area contributed by atoms with Gasteiger partial charge in [0.2, 0.25) is 10.0 Å². The zero-order chi connectivity index (χ0) is 24.5. The molecule has 2 aromatic carbocycles. The van der Waals surface area contributed by atoms with Gasteiger partial charge in [-0.05, 0) is 44.0 Å². The van der Waals surface area contributed by atoms with Crippen LogP contribution >= 0.6 is 23.2 Å². The van der Waals surface area contributed by atoms with E-state index in [1.807, 2.05) is 0 Å². The zero-order valence-electron chi connectivity index (χ0n) is 18.0. The fourth-order valence-electron chi connectivity index (χ4n) is 3.60. The van der Waals surface area contributed by atoms with Crippen molar-refractivity contribution in [3.05, 3.63) is 74.0 Å². The van der Waals surface area contributed by atoms with Gasteiger partial charge in [0.15, 0.2) is 0 Å². The normalized spacial score (nSPS) is 14.7. The first-order valence-corrected chi connectivity index (χ1v) is 12.5. The second kappa shape index (κ2) is 9.71. The number of hydrogen-bond acceptors (Lipinski definition) is 7. The van der Waals surface area contributed by atoms with Crippen molar-refractivity contribution in [1.29, 1.82) is 0 Å². The van der Waals surface area contributed by atoms with Gasteiger partial charge in [0.1, 0.15) is 10.8 Å². The standard InChI is InChI=1S/C21H20Cl2N6O4S/c1-14-16(21(23)28(26-14)19-7-3-2-6-17(19)22)13-24-25-18-9-8-15(12-20(18)29(30)31)34(32,33)27-10-4-5-11-27/h2-3,6-9,12-13,25H,4-5,10-11H2,1H3/b24-13-.